The standard InChI is InChI=1S/C17H15NO5/c1-17(10-12-4-2-3-5-13(12)11-17)23-16(19)22-15-8-6-14(7-9-15)18(20)21/h2-9H,10-11H2,1H3. The highest BCUT2D eigenvalue weighted by molar-refractivity contribution is 5.65. The molecule has 0 radical (unpaired) electrons. The number of fused-ring (bicyclic) bond motifs is 1. The maximum Gasteiger partial charge on any atom is 0.514 e. The lowest BCUT2D eigenvalue weighted by Gasteiger charge is -2.23. The second-order valence-electron chi connectivity index (χ2n) is 5.78. The molecule has 0 spiro atoms. The van der Waals surface area contributed by atoms with Gasteiger partial charge in [0.1, 0.15) is 11.4 Å². The van der Waals surface area contributed by atoms with E-state index in [4.69, 9.17) is 9.47 Å². The van der Waals surface area contributed by atoms with Gasteiger partial charge in [-0.15, -0.1) is 0 Å². The third kappa shape index (κ3) is 3.31. The first-order valence-corrected chi connectivity index (χ1v) is 7.17. The molecule has 0 amide bonds. The summed E-state index contributed by atoms with van der Waals surface area (Å²) < 4.78 is 10.6. The van der Waals surface area contributed by atoms with Gasteiger partial charge < -0.3 is 9.47 Å². The van der Waals surface area contributed by atoms with Crippen LogP contribution in [0.2, 0.25) is 0 Å². The van der Waals surface area contributed by atoms with Crippen molar-refractivity contribution in [3.8, 4) is 5.75 Å². The van der Waals surface area contributed by atoms with Crippen molar-refractivity contribution in [2.75, 3.05) is 0 Å². The van der Waals surface area contributed by atoms with Gasteiger partial charge in [0.2, 0.25) is 0 Å². The van der Waals surface area contributed by atoms with Gasteiger partial charge in [0.15, 0.2) is 0 Å². The molecule has 0 atom stereocenters. The Kier molecular flexibility index (Phi) is 3.73. The monoisotopic (exact) mass is 313 g/mol. The SMILES string of the molecule is CC1(OC(=O)Oc2ccc([N+](=O)[O-])cc2)Cc2ccccc2C1. The smallest absolute Gasteiger partial charge is 0.427 e. The van der Waals surface area contributed by atoms with Gasteiger partial charge in [-0.05, 0) is 30.2 Å². The zero-order chi connectivity index (χ0) is 16.4. The third-order valence-corrected chi connectivity index (χ3v) is 3.83. The first-order chi connectivity index (χ1) is 11.0. The largest absolute Gasteiger partial charge is 0.514 e. The molecule has 3 rings (SSSR count). The number of nitro benzene ring substituents is 1. The lowest BCUT2D eigenvalue weighted by molar-refractivity contribution is -0.384. The van der Waals surface area contributed by atoms with E-state index < -0.39 is 16.7 Å². The van der Waals surface area contributed by atoms with Gasteiger partial charge in [0, 0.05) is 25.0 Å². The van der Waals surface area contributed by atoms with Crippen LogP contribution in [0.15, 0.2) is 48.5 Å². The minimum atomic E-state index is -0.811. The van der Waals surface area contributed by atoms with Crippen molar-refractivity contribution >= 4 is 11.8 Å². The topological polar surface area (TPSA) is 78.7 Å². The predicted octanol–water partition coefficient (Wildman–Crippen LogP) is 3.67. The first kappa shape index (κ1) is 15.0. The van der Waals surface area contributed by atoms with E-state index in [0.717, 1.165) is 11.1 Å². The molecule has 0 saturated carbocycles. The summed E-state index contributed by atoms with van der Waals surface area (Å²) in [6, 6.07) is 13.2. The van der Waals surface area contributed by atoms with Crippen LogP contribution in [0.3, 0.4) is 0 Å². The van der Waals surface area contributed by atoms with Crippen molar-refractivity contribution in [1.29, 1.82) is 0 Å². The van der Waals surface area contributed by atoms with Crippen LogP contribution in [0.25, 0.3) is 0 Å². The van der Waals surface area contributed by atoms with Gasteiger partial charge in [0.25, 0.3) is 5.69 Å². The zero-order valence-corrected chi connectivity index (χ0v) is 12.5. The van der Waals surface area contributed by atoms with E-state index in [9.17, 15) is 14.9 Å². The van der Waals surface area contributed by atoms with Crippen LogP contribution in [0.4, 0.5) is 10.5 Å². The molecule has 0 heterocycles. The molecular weight excluding hydrogens is 298 g/mol. The highest BCUT2D eigenvalue weighted by atomic mass is 16.7. The van der Waals surface area contributed by atoms with Gasteiger partial charge in [0.05, 0.1) is 4.92 Å². The highest BCUT2D eigenvalue weighted by Crippen LogP contribution is 2.33. The lowest BCUT2D eigenvalue weighted by atomic mass is 10.0. The van der Waals surface area contributed by atoms with Crippen molar-refractivity contribution in [2.45, 2.75) is 25.4 Å². The Morgan fingerprint density at radius 1 is 1.09 bits per heavy atom. The number of non-ortho nitro benzene ring substituents is 1. The highest BCUT2D eigenvalue weighted by Gasteiger charge is 2.36. The normalized spacial score (nSPS) is 14.8. The Hall–Kier alpha value is -2.89. The molecule has 2 aromatic rings. The van der Waals surface area contributed by atoms with Crippen LogP contribution in [0.1, 0.15) is 18.1 Å². The Morgan fingerprint density at radius 3 is 2.17 bits per heavy atom. The van der Waals surface area contributed by atoms with Gasteiger partial charge >= 0.3 is 6.16 Å². The number of benzene rings is 2. The van der Waals surface area contributed by atoms with Crippen molar-refractivity contribution < 1.29 is 19.2 Å². The van der Waals surface area contributed by atoms with Gasteiger partial charge in [-0.1, -0.05) is 24.3 Å². The van der Waals surface area contributed by atoms with Crippen molar-refractivity contribution in [3.05, 3.63) is 69.8 Å². The zero-order valence-electron chi connectivity index (χ0n) is 12.5. The van der Waals surface area contributed by atoms with Crippen LogP contribution >= 0.6 is 0 Å². The summed E-state index contributed by atoms with van der Waals surface area (Å²) in [6.45, 7) is 1.87. The summed E-state index contributed by atoms with van der Waals surface area (Å²) in [5, 5.41) is 10.6. The molecule has 1 aliphatic carbocycles. The fourth-order valence-corrected chi connectivity index (χ4v) is 2.80. The van der Waals surface area contributed by atoms with Crippen LogP contribution in [0.5, 0.6) is 5.75 Å². The van der Waals surface area contributed by atoms with Crippen LogP contribution in [-0.2, 0) is 17.6 Å². The number of hydrogen-bond donors (Lipinski definition) is 0. The molecular formula is C17H15NO5. The summed E-state index contributed by atoms with van der Waals surface area (Å²) in [6.07, 6.45) is 0.464. The van der Waals surface area contributed by atoms with Gasteiger partial charge in [-0.2, -0.15) is 0 Å². The summed E-state index contributed by atoms with van der Waals surface area (Å²) in [4.78, 5) is 22.0. The van der Waals surface area contributed by atoms with Crippen LogP contribution in [0, 0.1) is 10.1 Å². The Labute approximate surface area is 132 Å². The van der Waals surface area contributed by atoms with E-state index in [1.165, 1.54) is 24.3 Å². The first-order valence-electron chi connectivity index (χ1n) is 7.17. The third-order valence-electron chi connectivity index (χ3n) is 3.83. The summed E-state index contributed by atoms with van der Waals surface area (Å²) in [7, 11) is 0. The number of carbonyl (C=O) groups excluding carboxylic acids is 1. The van der Waals surface area contributed by atoms with E-state index in [1.54, 1.807) is 0 Å². The quantitative estimate of drug-likeness (QED) is 0.374. The summed E-state index contributed by atoms with van der Waals surface area (Å²) in [5.41, 5.74) is 1.63. The number of nitro groups is 1. The molecule has 0 aliphatic heterocycles. The Balaban J connectivity index is 1.63. The van der Waals surface area contributed by atoms with E-state index in [1.807, 2.05) is 31.2 Å². The molecule has 0 aromatic heterocycles. The fourth-order valence-electron chi connectivity index (χ4n) is 2.80. The minimum absolute atomic E-state index is 0.0658. The molecule has 2 aromatic carbocycles. The maximum absolute atomic E-state index is 12.0. The van der Waals surface area contributed by atoms with Gasteiger partial charge in [-0.25, -0.2) is 4.79 Å². The number of carbonyl (C=O) groups is 1. The molecule has 23 heavy (non-hydrogen) atoms. The molecule has 0 unspecified atom stereocenters. The second kappa shape index (κ2) is 5.72. The van der Waals surface area contributed by atoms with Crippen LogP contribution in [-0.4, -0.2) is 16.7 Å². The molecule has 0 bridgehead atoms. The average Bonchev–Trinajstić information content (AvgIpc) is 2.82. The predicted molar refractivity (Wildman–Crippen MR) is 82.5 cm³/mol. The lowest BCUT2D eigenvalue weighted by Crippen LogP contribution is -2.33. The van der Waals surface area contributed by atoms with Crippen molar-refractivity contribution in [3.63, 3.8) is 0 Å². The van der Waals surface area contributed by atoms with E-state index in [2.05, 4.69) is 0 Å². The Bertz CT molecular complexity index is 729. The molecule has 0 N–H and O–H groups in total. The molecule has 0 fully saturated rings. The van der Waals surface area contributed by atoms with Crippen molar-refractivity contribution in [1.82, 2.24) is 0 Å². The van der Waals surface area contributed by atoms with Crippen molar-refractivity contribution in [2.24, 2.45) is 0 Å². The molecule has 0 saturated heterocycles. The van der Waals surface area contributed by atoms with E-state index in [-0.39, 0.29) is 11.4 Å². The molecule has 1 aliphatic rings. The van der Waals surface area contributed by atoms with Crippen LogP contribution < -0.4 is 4.74 Å². The fraction of sp³-hybridized carbons (Fsp3) is 0.235. The molecule has 118 valence electrons. The summed E-state index contributed by atoms with van der Waals surface area (Å²) >= 11 is 0. The Morgan fingerprint density at radius 2 is 1.65 bits per heavy atom. The maximum atomic E-state index is 12.0. The van der Waals surface area contributed by atoms with E-state index in [0.29, 0.717) is 12.8 Å². The van der Waals surface area contributed by atoms with Gasteiger partial charge in [-0.3, -0.25) is 10.1 Å². The number of nitrogens with zero attached hydrogens (tertiary/aromatic N) is 1. The average molecular weight is 313 g/mol. The second-order valence-corrected chi connectivity index (χ2v) is 5.78. The van der Waals surface area contributed by atoms with E-state index >= 15 is 0 Å². The summed E-state index contributed by atoms with van der Waals surface area (Å²) in [5.74, 6) is 0.208. The minimum Gasteiger partial charge on any atom is -0.427 e. The molecule has 6 nitrogen and oxygen atoms in total. The number of ether oxygens (including phenoxy) is 2. The number of rotatable bonds is 3. The molecule has 6 heteroatoms. The number of hydrogen-bond acceptors (Lipinski definition) is 5.